The van der Waals surface area contributed by atoms with E-state index in [1.54, 1.807) is 6.92 Å². The van der Waals surface area contributed by atoms with Crippen LogP contribution in [0.25, 0.3) is 0 Å². The molecule has 0 heterocycles. The van der Waals surface area contributed by atoms with Crippen LogP contribution in [0.3, 0.4) is 0 Å². The van der Waals surface area contributed by atoms with E-state index in [1.165, 1.54) is 0 Å². The summed E-state index contributed by atoms with van der Waals surface area (Å²) in [5, 5.41) is 7.00. The van der Waals surface area contributed by atoms with E-state index in [9.17, 15) is 4.79 Å². The Morgan fingerprint density at radius 1 is 1.71 bits per heavy atom. The van der Waals surface area contributed by atoms with Gasteiger partial charge in [-0.2, -0.15) is 0 Å². The lowest BCUT2D eigenvalue weighted by Gasteiger charge is -1.73. The van der Waals surface area contributed by atoms with Gasteiger partial charge in [0.15, 0.2) is 0 Å². The Hall–Kier alpha value is -0.570. The molecule has 0 aliphatic rings. The van der Waals surface area contributed by atoms with Crippen LogP contribution in [0.2, 0.25) is 0 Å². The monoisotopic (exact) mass is 105 g/mol. The number of hydrogen-bond donors (Lipinski definition) is 2. The maximum absolute atomic E-state index is 9.59. The highest BCUT2D eigenvalue weighted by atomic mass is 16.2. The van der Waals surface area contributed by atoms with Crippen LogP contribution in [0.1, 0.15) is 13.3 Å². The van der Waals surface area contributed by atoms with Gasteiger partial charge in [-0.15, -0.1) is 0 Å². The van der Waals surface area contributed by atoms with Crippen LogP contribution >= 0.6 is 0 Å². The summed E-state index contributed by atoms with van der Waals surface area (Å²) in [6.45, 7) is 1.72. The lowest BCUT2D eigenvalue weighted by Crippen LogP contribution is -2.06. The standard InChI is InChI=1S/C3H7NO.CH4O/c1-2-3(4)5;1-2/h2H2,1H3,(H2,4,5);2H,1H3. The van der Waals surface area contributed by atoms with E-state index in [2.05, 4.69) is 5.73 Å². The molecule has 3 N–H and O–H groups in total. The minimum absolute atomic E-state index is 0.245. The van der Waals surface area contributed by atoms with E-state index in [-0.39, 0.29) is 5.91 Å². The molecule has 1 amide bonds. The molecule has 0 bridgehead atoms. The smallest absolute Gasteiger partial charge is 0.217 e. The van der Waals surface area contributed by atoms with Gasteiger partial charge in [-0.25, -0.2) is 0 Å². The second-order valence-corrected chi connectivity index (χ2v) is 0.820. The van der Waals surface area contributed by atoms with Crippen LogP contribution in [0, 0.1) is 0 Å². The number of primary amides is 1. The maximum atomic E-state index is 9.59. The molecule has 7 heavy (non-hydrogen) atoms. The first-order valence-electron chi connectivity index (χ1n) is 2.00. The van der Waals surface area contributed by atoms with Crippen LogP contribution < -0.4 is 5.73 Å². The number of hydrogen-bond acceptors (Lipinski definition) is 2. The first-order chi connectivity index (χ1) is 3.27. The van der Waals surface area contributed by atoms with Crippen molar-refractivity contribution in [2.45, 2.75) is 13.3 Å². The van der Waals surface area contributed by atoms with Gasteiger partial charge >= 0.3 is 0 Å². The lowest BCUT2D eigenvalue weighted by atomic mass is 10.5. The molecule has 0 aromatic heterocycles. The Kier molecular flexibility index (Phi) is 12.5. The molecule has 0 spiro atoms. The molecule has 0 unspecified atom stereocenters. The van der Waals surface area contributed by atoms with Crippen LogP contribution in [0.4, 0.5) is 0 Å². The molecule has 0 atom stereocenters. The minimum atomic E-state index is -0.245. The molecule has 3 heteroatoms. The fourth-order valence-electron chi connectivity index (χ4n) is 0. The number of nitrogens with two attached hydrogens (primary N) is 1. The van der Waals surface area contributed by atoms with Gasteiger partial charge in [0.25, 0.3) is 0 Å². The third-order valence-electron chi connectivity index (χ3n) is 0.348. The first-order valence-corrected chi connectivity index (χ1v) is 2.00. The van der Waals surface area contributed by atoms with Crippen LogP contribution in [0.15, 0.2) is 0 Å². The van der Waals surface area contributed by atoms with Gasteiger partial charge in [-0.05, 0) is 0 Å². The topological polar surface area (TPSA) is 63.3 Å². The third kappa shape index (κ3) is 31.2. The van der Waals surface area contributed by atoms with Gasteiger partial charge in [-0.1, -0.05) is 6.92 Å². The number of aliphatic hydroxyl groups excluding tert-OH is 1. The van der Waals surface area contributed by atoms with E-state index in [1.807, 2.05) is 0 Å². The van der Waals surface area contributed by atoms with Crippen LogP contribution in [-0.4, -0.2) is 18.1 Å². The molecule has 0 radical (unpaired) electrons. The molecule has 0 aliphatic carbocycles. The molecule has 0 aromatic rings. The normalized spacial score (nSPS) is 6.14. The Morgan fingerprint density at radius 2 is 1.86 bits per heavy atom. The Balaban J connectivity index is 0. The number of rotatable bonds is 1. The maximum Gasteiger partial charge on any atom is 0.217 e. The molecule has 3 nitrogen and oxygen atoms in total. The Labute approximate surface area is 43.1 Å². The summed E-state index contributed by atoms with van der Waals surface area (Å²) in [5.74, 6) is -0.245. The largest absolute Gasteiger partial charge is 0.400 e. The van der Waals surface area contributed by atoms with Crippen molar-refractivity contribution >= 4 is 5.91 Å². The van der Waals surface area contributed by atoms with Gasteiger partial charge in [0.2, 0.25) is 5.91 Å². The van der Waals surface area contributed by atoms with E-state index < -0.39 is 0 Å². The number of aliphatic hydroxyl groups is 1. The van der Waals surface area contributed by atoms with Crippen LogP contribution in [-0.2, 0) is 4.79 Å². The van der Waals surface area contributed by atoms with Crippen LogP contribution in [0.5, 0.6) is 0 Å². The van der Waals surface area contributed by atoms with Crippen molar-refractivity contribution in [3.05, 3.63) is 0 Å². The number of amides is 1. The number of carbonyl (C=O) groups excluding carboxylic acids is 1. The molecule has 0 aliphatic heterocycles. The van der Waals surface area contributed by atoms with Crippen molar-refractivity contribution < 1.29 is 9.90 Å². The SMILES string of the molecule is CCC(N)=O.CO. The van der Waals surface area contributed by atoms with Crippen molar-refractivity contribution in [1.29, 1.82) is 0 Å². The van der Waals surface area contributed by atoms with Crippen molar-refractivity contribution in [2.75, 3.05) is 7.11 Å². The van der Waals surface area contributed by atoms with Gasteiger partial charge in [-0.3, -0.25) is 4.79 Å². The molecule has 0 saturated carbocycles. The highest BCUT2D eigenvalue weighted by Gasteiger charge is 1.77. The predicted octanol–water partition coefficient (Wildman–Crippen LogP) is -0.510. The zero-order valence-electron chi connectivity index (χ0n) is 4.64. The zero-order valence-corrected chi connectivity index (χ0v) is 4.64. The third-order valence-corrected chi connectivity index (χ3v) is 0.348. The lowest BCUT2D eigenvalue weighted by molar-refractivity contribution is -0.117. The zero-order chi connectivity index (χ0) is 6.28. The van der Waals surface area contributed by atoms with Gasteiger partial charge in [0, 0.05) is 13.5 Å². The quantitative estimate of drug-likeness (QED) is 0.471. The van der Waals surface area contributed by atoms with Gasteiger partial charge < -0.3 is 10.8 Å². The molecular formula is C4H11NO2. The summed E-state index contributed by atoms with van der Waals surface area (Å²) < 4.78 is 0. The predicted molar refractivity (Wildman–Crippen MR) is 27.6 cm³/mol. The summed E-state index contributed by atoms with van der Waals surface area (Å²) in [6.07, 6.45) is 0.444. The molecular weight excluding hydrogens is 94.0 g/mol. The molecule has 44 valence electrons. The number of carbonyl (C=O) groups is 1. The molecule has 0 fully saturated rings. The Bertz CT molecular complexity index is 45.0. The molecule has 0 aromatic carbocycles. The summed E-state index contributed by atoms with van der Waals surface area (Å²) in [4.78, 5) is 9.59. The van der Waals surface area contributed by atoms with E-state index in [0.29, 0.717) is 6.42 Å². The highest BCUT2D eigenvalue weighted by Crippen LogP contribution is 1.63. The first kappa shape index (κ1) is 9.66. The highest BCUT2D eigenvalue weighted by molar-refractivity contribution is 5.73. The second-order valence-electron chi connectivity index (χ2n) is 0.820. The fraction of sp³-hybridized carbons (Fsp3) is 0.750. The fourth-order valence-corrected chi connectivity index (χ4v) is 0. The molecule has 0 rings (SSSR count). The van der Waals surface area contributed by atoms with E-state index in [0.717, 1.165) is 7.11 Å². The minimum Gasteiger partial charge on any atom is -0.400 e. The average Bonchev–Trinajstić information content (AvgIpc) is 1.73. The summed E-state index contributed by atoms with van der Waals surface area (Å²) in [5.41, 5.74) is 4.65. The Morgan fingerprint density at radius 3 is 1.86 bits per heavy atom. The summed E-state index contributed by atoms with van der Waals surface area (Å²) >= 11 is 0. The van der Waals surface area contributed by atoms with E-state index in [4.69, 9.17) is 5.11 Å². The second kappa shape index (κ2) is 9.06. The van der Waals surface area contributed by atoms with Gasteiger partial charge in [0.1, 0.15) is 0 Å². The average molecular weight is 105 g/mol. The van der Waals surface area contributed by atoms with Crippen molar-refractivity contribution in [3.8, 4) is 0 Å². The van der Waals surface area contributed by atoms with E-state index >= 15 is 0 Å². The summed E-state index contributed by atoms with van der Waals surface area (Å²) in [7, 11) is 1.00. The van der Waals surface area contributed by atoms with Crippen molar-refractivity contribution in [3.63, 3.8) is 0 Å². The van der Waals surface area contributed by atoms with Gasteiger partial charge in [0.05, 0.1) is 0 Å². The summed E-state index contributed by atoms with van der Waals surface area (Å²) in [6, 6.07) is 0. The van der Waals surface area contributed by atoms with Crippen molar-refractivity contribution in [2.24, 2.45) is 5.73 Å². The van der Waals surface area contributed by atoms with Crippen molar-refractivity contribution in [1.82, 2.24) is 0 Å². The molecule has 0 saturated heterocycles.